The third-order valence-electron chi connectivity index (χ3n) is 1.96. The molecule has 3 nitrogen and oxygen atoms in total. The van der Waals surface area contributed by atoms with Crippen LogP contribution >= 0.6 is 43.6 Å². The van der Waals surface area contributed by atoms with Gasteiger partial charge in [0.25, 0.3) is 0 Å². The van der Waals surface area contributed by atoms with Gasteiger partial charge in [0.2, 0.25) is 5.91 Å². The number of rotatable bonds is 1. The zero-order valence-corrected chi connectivity index (χ0v) is 12.4. The number of halogens is 2. The van der Waals surface area contributed by atoms with Crippen molar-refractivity contribution in [2.24, 2.45) is 4.99 Å². The molecule has 1 amide bonds. The van der Waals surface area contributed by atoms with Crippen molar-refractivity contribution in [1.29, 1.82) is 0 Å². The fourth-order valence-electron chi connectivity index (χ4n) is 1.29. The van der Waals surface area contributed by atoms with Gasteiger partial charge in [-0.05, 0) is 56.5 Å². The number of hydrogen-bond acceptors (Lipinski definition) is 3. The minimum Gasteiger partial charge on any atom is -0.304 e. The molecule has 1 heterocycles. The third kappa shape index (κ3) is 2.67. The van der Waals surface area contributed by atoms with E-state index in [0.29, 0.717) is 10.9 Å². The molecular formula is C10H8Br2N2OS. The van der Waals surface area contributed by atoms with Gasteiger partial charge in [0.1, 0.15) is 0 Å². The molecule has 1 fully saturated rings. The highest BCUT2D eigenvalue weighted by atomic mass is 79.9. The van der Waals surface area contributed by atoms with E-state index < -0.39 is 0 Å². The second kappa shape index (κ2) is 4.89. The second-order valence-corrected chi connectivity index (χ2v) is 6.00. The molecule has 1 aliphatic heterocycles. The lowest BCUT2D eigenvalue weighted by Crippen LogP contribution is -2.19. The Kier molecular flexibility index (Phi) is 3.71. The molecule has 0 radical (unpaired) electrons. The highest BCUT2D eigenvalue weighted by molar-refractivity contribution is 9.11. The van der Waals surface area contributed by atoms with E-state index in [1.807, 2.05) is 19.1 Å². The molecule has 1 saturated heterocycles. The van der Waals surface area contributed by atoms with Crippen LogP contribution in [0.25, 0.3) is 0 Å². The smallest absolute Gasteiger partial charge is 0.236 e. The largest absolute Gasteiger partial charge is 0.304 e. The van der Waals surface area contributed by atoms with Crippen molar-refractivity contribution in [2.75, 3.05) is 5.75 Å². The van der Waals surface area contributed by atoms with Crippen LogP contribution in [0.3, 0.4) is 0 Å². The molecule has 0 aliphatic carbocycles. The lowest BCUT2D eigenvalue weighted by atomic mass is 10.2. The summed E-state index contributed by atoms with van der Waals surface area (Å²) in [7, 11) is 0. The molecule has 6 heteroatoms. The minimum atomic E-state index is 0.00288. The van der Waals surface area contributed by atoms with Gasteiger partial charge in [-0.3, -0.25) is 4.79 Å². The van der Waals surface area contributed by atoms with Gasteiger partial charge in [-0.25, -0.2) is 4.99 Å². The molecule has 1 aliphatic rings. The highest BCUT2D eigenvalue weighted by Crippen LogP contribution is 2.35. The van der Waals surface area contributed by atoms with Crippen LogP contribution < -0.4 is 5.32 Å². The van der Waals surface area contributed by atoms with Gasteiger partial charge in [0, 0.05) is 8.95 Å². The van der Waals surface area contributed by atoms with E-state index in [9.17, 15) is 4.79 Å². The van der Waals surface area contributed by atoms with Crippen molar-refractivity contribution in [3.8, 4) is 0 Å². The van der Waals surface area contributed by atoms with Crippen LogP contribution in [0, 0.1) is 6.92 Å². The van der Waals surface area contributed by atoms with Crippen LogP contribution in [-0.2, 0) is 4.79 Å². The molecule has 84 valence electrons. The first-order valence-corrected chi connectivity index (χ1v) is 7.10. The Labute approximate surface area is 114 Å². The summed E-state index contributed by atoms with van der Waals surface area (Å²) in [6.07, 6.45) is 0. The molecule has 16 heavy (non-hydrogen) atoms. The van der Waals surface area contributed by atoms with Crippen molar-refractivity contribution in [2.45, 2.75) is 6.92 Å². The fraction of sp³-hybridized carbons (Fsp3) is 0.200. The van der Waals surface area contributed by atoms with E-state index in [2.05, 4.69) is 42.2 Å². The lowest BCUT2D eigenvalue weighted by Gasteiger charge is -2.04. The Hall–Kier alpha value is -0.330. The second-order valence-electron chi connectivity index (χ2n) is 3.33. The first kappa shape index (κ1) is 12.1. The maximum atomic E-state index is 11.0. The Morgan fingerprint density at radius 3 is 2.50 bits per heavy atom. The molecule has 1 aromatic carbocycles. The van der Waals surface area contributed by atoms with Gasteiger partial charge >= 0.3 is 0 Å². The molecule has 0 unspecified atom stereocenters. The zero-order valence-electron chi connectivity index (χ0n) is 8.38. The fourth-order valence-corrected chi connectivity index (χ4v) is 3.56. The summed E-state index contributed by atoms with van der Waals surface area (Å²) >= 11 is 8.34. The number of amides is 1. The molecule has 0 aromatic heterocycles. The third-order valence-corrected chi connectivity index (χ3v) is 4.04. The monoisotopic (exact) mass is 362 g/mol. The van der Waals surface area contributed by atoms with E-state index in [1.165, 1.54) is 11.8 Å². The standard InChI is InChI=1S/C10H8Br2N2OS/c1-5-2-6(11)9(7(12)3-5)14-10-13-8(15)4-16-10/h2-3H,4H2,1H3,(H,13,14,15). The van der Waals surface area contributed by atoms with Crippen LogP contribution in [0.1, 0.15) is 5.56 Å². The molecule has 0 atom stereocenters. The molecular weight excluding hydrogens is 356 g/mol. The highest BCUT2D eigenvalue weighted by Gasteiger charge is 2.17. The van der Waals surface area contributed by atoms with Crippen LogP contribution in [0.4, 0.5) is 5.69 Å². The minimum absolute atomic E-state index is 0.00288. The van der Waals surface area contributed by atoms with Crippen LogP contribution in [0.15, 0.2) is 26.1 Å². The average molecular weight is 364 g/mol. The summed E-state index contributed by atoms with van der Waals surface area (Å²) in [5.41, 5.74) is 1.95. The Morgan fingerprint density at radius 2 is 2.00 bits per heavy atom. The predicted octanol–water partition coefficient (Wildman–Crippen LogP) is 3.37. The quantitative estimate of drug-likeness (QED) is 0.831. The van der Waals surface area contributed by atoms with E-state index >= 15 is 0 Å². The Bertz CT molecular complexity index is 465. The summed E-state index contributed by atoms with van der Waals surface area (Å²) in [6.45, 7) is 2.01. The number of carbonyl (C=O) groups excluding carboxylic acids is 1. The van der Waals surface area contributed by atoms with Gasteiger partial charge in [0.15, 0.2) is 5.17 Å². The molecule has 0 bridgehead atoms. The van der Waals surface area contributed by atoms with Crippen molar-refractivity contribution in [3.63, 3.8) is 0 Å². The number of aryl methyl sites for hydroxylation is 1. The normalized spacial score (nSPS) is 17.9. The van der Waals surface area contributed by atoms with Crippen LogP contribution in [0.2, 0.25) is 0 Å². The SMILES string of the molecule is Cc1cc(Br)c(N=C2NC(=O)CS2)c(Br)c1. The summed E-state index contributed by atoms with van der Waals surface area (Å²) in [4.78, 5) is 15.4. The van der Waals surface area contributed by atoms with Gasteiger partial charge in [-0.15, -0.1) is 0 Å². The van der Waals surface area contributed by atoms with Gasteiger partial charge in [-0.2, -0.15) is 0 Å². The van der Waals surface area contributed by atoms with Crippen molar-refractivity contribution < 1.29 is 4.79 Å². The van der Waals surface area contributed by atoms with Crippen molar-refractivity contribution in [1.82, 2.24) is 5.32 Å². The number of carbonyl (C=O) groups is 1. The van der Waals surface area contributed by atoms with E-state index in [-0.39, 0.29) is 5.91 Å². The maximum absolute atomic E-state index is 11.0. The average Bonchev–Trinajstić information content (AvgIpc) is 2.58. The van der Waals surface area contributed by atoms with Gasteiger partial charge < -0.3 is 5.32 Å². The zero-order chi connectivity index (χ0) is 11.7. The first-order valence-electron chi connectivity index (χ1n) is 4.53. The van der Waals surface area contributed by atoms with Crippen LogP contribution in [0.5, 0.6) is 0 Å². The number of aliphatic imine (C=N–C) groups is 1. The summed E-state index contributed by atoms with van der Waals surface area (Å²) in [5, 5.41) is 3.35. The summed E-state index contributed by atoms with van der Waals surface area (Å²) < 4.78 is 1.82. The van der Waals surface area contributed by atoms with E-state index in [0.717, 1.165) is 20.2 Å². The lowest BCUT2D eigenvalue weighted by molar-refractivity contribution is -0.116. The molecule has 1 N–H and O–H groups in total. The number of thioether (sulfide) groups is 1. The predicted molar refractivity (Wildman–Crippen MR) is 74.3 cm³/mol. The molecule has 1 aromatic rings. The van der Waals surface area contributed by atoms with Crippen LogP contribution in [-0.4, -0.2) is 16.8 Å². The number of hydrogen-bond donors (Lipinski definition) is 1. The molecule has 0 spiro atoms. The van der Waals surface area contributed by atoms with E-state index in [1.54, 1.807) is 0 Å². The van der Waals surface area contributed by atoms with Gasteiger partial charge in [0.05, 0.1) is 11.4 Å². The number of benzene rings is 1. The van der Waals surface area contributed by atoms with Crippen molar-refractivity contribution >= 4 is 60.4 Å². The summed E-state index contributed by atoms with van der Waals surface area (Å²) in [6, 6.07) is 3.98. The number of nitrogens with one attached hydrogen (secondary N) is 1. The van der Waals surface area contributed by atoms with E-state index in [4.69, 9.17) is 0 Å². The first-order chi connectivity index (χ1) is 7.56. The molecule has 0 saturated carbocycles. The Morgan fingerprint density at radius 1 is 1.38 bits per heavy atom. The topological polar surface area (TPSA) is 41.5 Å². The molecule has 2 rings (SSSR count). The van der Waals surface area contributed by atoms with Crippen molar-refractivity contribution in [3.05, 3.63) is 26.6 Å². The maximum Gasteiger partial charge on any atom is 0.236 e. The Balaban J connectivity index is 2.38. The number of nitrogens with zero attached hydrogens (tertiary/aromatic N) is 1. The summed E-state index contributed by atoms with van der Waals surface area (Å²) in [5.74, 6) is 0.447. The number of amidine groups is 1. The van der Waals surface area contributed by atoms with Gasteiger partial charge in [-0.1, -0.05) is 11.8 Å².